The summed E-state index contributed by atoms with van der Waals surface area (Å²) in [5, 5.41) is 4.05. The minimum absolute atomic E-state index is 0.0574. The van der Waals surface area contributed by atoms with Crippen LogP contribution in [0.2, 0.25) is 0 Å². The quantitative estimate of drug-likeness (QED) is 0.632. The molecule has 0 spiro atoms. The lowest BCUT2D eigenvalue weighted by molar-refractivity contribution is 0.270. The van der Waals surface area contributed by atoms with Crippen LogP contribution in [-0.2, 0) is 10.0 Å². The number of benzene rings is 2. The first-order chi connectivity index (χ1) is 14.0. The van der Waals surface area contributed by atoms with E-state index in [9.17, 15) is 12.8 Å². The first kappa shape index (κ1) is 19.5. The number of para-hydroxylation sites is 1. The van der Waals surface area contributed by atoms with Crippen LogP contribution in [0, 0.1) is 5.82 Å². The lowest BCUT2D eigenvalue weighted by Gasteiger charge is -2.29. The van der Waals surface area contributed by atoms with Crippen molar-refractivity contribution < 1.29 is 22.1 Å². The van der Waals surface area contributed by atoms with Crippen LogP contribution in [0.5, 0.6) is 5.75 Å². The molecule has 0 aliphatic carbocycles. The van der Waals surface area contributed by atoms with Crippen LogP contribution in [0.1, 0.15) is 24.7 Å². The fourth-order valence-electron chi connectivity index (χ4n) is 3.48. The molecule has 1 aliphatic rings. The van der Waals surface area contributed by atoms with E-state index in [0.29, 0.717) is 30.3 Å². The van der Waals surface area contributed by atoms with Crippen LogP contribution in [0.25, 0.3) is 11.4 Å². The fraction of sp³-hybridized carbons (Fsp3) is 0.300. The van der Waals surface area contributed by atoms with E-state index < -0.39 is 15.8 Å². The number of methoxy groups -OCH3 is 1. The number of halogens is 1. The zero-order chi connectivity index (χ0) is 20.4. The van der Waals surface area contributed by atoms with Crippen molar-refractivity contribution in [3.05, 3.63) is 60.2 Å². The average Bonchev–Trinajstić information content (AvgIpc) is 3.24. The molecule has 0 atom stereocenters. The van der Waals surface area contributed by atoms with Crippen molar-refractivity contribution in [1.82, 2.24) is 14.4 Å². The first-order valence-corrected chi connectivity index (χ1v) is 10.7. The molecule has 152 valence electrons. The Bertz CT molecular complexity index is 1110. The summed E-state index contributed by atoms with van der Waals surface area (Å²) in [5.74, 6) is 0.740. The molecular formula is C20H20FN3O4S. The van der Waals surface area contributed by atoms with Gasteiger partial charge in [-0.2, -0.15) is 9.29 Å². The van der Waals surface area contributed by atoms with Gasteiger partial charge in [0.05, 0.1) is 12.7 Å². The summed E-state index contributed by atoms with van der Waals surface area (Å²) < 4.78 is 51.5. The van der Waals surface area contributed by atoms with E-state index in [1.165, 1.54) is 22.5 Å². The van der Waals surface area contributed by atoms with E-state index in [1.54, 1.807) is 7.11 Å². The molecule has 2 aromatic carbocycles. The van der Waals surface area contributed by atoms with Gasteiger partial charge in [0.2, 0.25) is 21.7 Å². The van der Waals surface area contributed by atoms with E-state index in [-0.39, 0.29) is 23.9 Å². The van der Waals surface area contributed by atoms with E-state index in [2.05, 4.69) is 10.1 Å². The summed E-state index contributed by atoms with van der Waals surface area (Å²) in [7, 11) is -2.29. The summed E-state index contributed by atoms with van der Waals surface area (Å²) >= 11 is 0. The molecule has 0 bridgehead atoms. The minimum Gasteiger partial charge on any atom is -0.496 e. The van der Waals surface area contributed by atoms with E-state index in [1.807, 2.05) is 24.3 Å². The van der Waals surface area contributed by atoms with Crippen molar-refractivity contribution in [3.63, 3.8) is 0 Å². The summed E-state index contributed by atoms with van der Waals surface area (Å²) in [6.45, 7) is 0.515. The van der Waals surface area contributed by atoms with Crippen molar-refractivity contribution in [2.75, 3.05) is 20.2 Å². The van der Waals surface area contributed by atoms with Crippen molar-refractivity contribution in [3.8, 4) is 17.1 Å². The van der Waals surface area contributed by atoms with E-state index in [4.69, 9.17) is 9.26 Å². The molecule has 1 fully saturated rings. The second kappa shape index (κ2) is 7.92. The maximum absolute atomic E-state index is 14.0. The second-order valence-electron chi connectivity index (χ2n) is 6.77. The van der Waals surface area contributed by atoms with Crippen molar-refractivity contribution >= 4 is 10.0 Å². The summed E-state index contributed by atoms with van der Waals surface area (Å²) in [4.78, 5) is 4.19. The number of nitrogens with zero attached hydrogens (tertiary/aromatic N) is 3. The predicted molar refractivity (Wildman–Crippen MR) is 103 cm³/mol. The van der Waals surface area contributed by atoms with Gasteiger partial charge in [0, 0.05) is 19.0 Å². The number of ether oxygens (including phenoxy) is 1. The predicted octanol–water partition coefficient (Wildman–Crippen LogP) is 3.45. The molecule has 1 saturated heterocycles. The maximum atomic E-state index is 14.0. The summed E-state index contributed by atoms with van der Waals surface area (Å²) in [5.41, 5.74) is 0.726. The molecule has 29 heavy (non-hydrogen) atoms. The molecule has 7 nitrogen and oxygen atoms in total. The van der Waals surface area contributed by atoms with Crippen molar-refractivity contribution in [2.24, 2.45) is 0 Å². The topological polar surface area (TPSA) is 85.5 Å². The smallest absolute Gasteiger partial charge is 0.245 e. The number of piperidine rings is 1. The van der Waals surface area contributed by atoms with Crippen LogP contribution in [-0.4, -0.2) is 43.1 Å². The van der Waals surface area contributed by atoms with Gasteiger partial charge in [-0.25, -0.2) is 12.8 Å². The Balaban J connectivity index is 1.48. The third kappa shape index (κ3) is 3.75. The lowest BCUT2D eigenvalue weighted by Crippen LogP contribution is -2.38. The van der Waals surface area contributed by atoms with Crippen LogP contribution < -0.4 is 4.74 Å². The van der Waals surface area contributed by atoms with Crippen molar-refractivity contribution in [2.45, 2.75) is 23.7 Å². The zero-order valence-electron chi connectivity index (χ0n) is 15.8. The highest BCUT2D eigenvalue weighted by molar-refractivity contribution is 7.89. The SMILES string of the molecule is COc1ccccc1-c1noc(C2CCN(S(=O)(=O)c3ccccc3F)CC2)n1. The Morgan fingerprint density at radius 3 is 2.52 bits per heavy atom. The molecule has 2 heterocycles. The minimum atomic E-state index is -3.87. The molecule has 1 aliphatic heterocycles. The van der Waals surface area contributed by atoms with Crippen LogP contribution >= 0.6 is 0 Å². The van der Waals surface area contributed by atoms with Gasteiger partial charge in [-0.1, -0.05) is 29.4 Å². The van der Waals surface area contributed by atoms with E-state index in [0.717, 1.165) is 11.6 Å². The van der Waals surface area contributed by atoms with Gasteiger partial charge in [0.25, 0.3) is 0 Å². The van der Waals surface area contributed by atoms with Gasteiger partial charge in [-0.05, 0) is 37.1 Å². The largest absolute Gasteiger partial charge is 0.496 e. The molecule has 1 aromatic heterocycles. The highest BCUT2D eigenvalue weighted by Gasteiger charge is 2.33. The molecule has 3 aromatic rings. The highest BCUT2D eigenvalue weighted by Crippen LogP contribution is 2.33. The molecule has 0 N–H and O–H groups in total. The normalized spacial score (nSPS) is 16.1. The van der Waals surface area contributed by atoms with Crippen LogP contribution in [0.15, 0.2) is 57.9 Å². The Kier molecular flexibility index (Phi) is 5.33. The van der Waals surface area contributed by atoms with Gasteiger partial charge in [-0.15, -0.1) is 0 Å². The van der Waals surface area contributed by atoms with E-state index >= 15 is 0 Å². The van der Waals surface area contributed by atoms with Gasteiger partial charge >= 0.3 is 0 Å². The van der Waals surface area contributed by atoms with Gasteiger partial charge in [0.1, 0.15) is 16.5 Å². The Labute approximate surface area is 168 Å². The number of hydrogen-bond acceptors (Lipinski definition) is 6. The van der Waals surface area contributed by atoms with Gasteiger partial charge in [-0.3, -0.25) is 0 Å². The van der Waals surface area contributed by atoms with Crippen molar-refractivity contribution in [1.29, 1.82) is 0 Å². The molecular weight excluding hydrogens is 397 g/mol. The molecule has 0 amide bonds. The molecule has 0 radical (unpaired) electrons. The average molecular weight is 417 g/mol. The summed E-state index contributed by atoms with van der Waals surface area (Å²) in [6.07, 6.45) is 1.03. The standard InChI is InChI=1S/C20H20FN3O4S/c1-27-17-8-4-2-6-15(17)19-22-20(28-23-19)14-10-12-24(13-11-14)29(25,26)18-9-5-3-7-16(18)21/h2-9,14H,10-13H2,1H3. The van der Waals surface area contributed by atoms with Gasteiger partial charge < -0.3 is 9.26 Å². The van der Waals surface area contributed by atoms with Crippen LogP contribution in [0.3, 0.4) is 0 Å². The Morgan fingerprint density at radius 1 is 1.10 bits per heavy atom. The maximum Gasteiger partial charge on any atom is 0.245 e. The third-order valence-corrected chi connectivity index (χ3v) is 6.98. The first-order valence-electron chi connectivity index (χ1n) is 9.22. The monoisotopic (exact) mass is 417 g/mol. The number of aromatic nitrogens is 2. The lowest BCUT2D eigenvalue weighted by atomic mass is 9.98. The zero-order valence-corrected chi connectivity index (χ0v) is 16.6. The fourth-order valence-corrected chi connectivity index (χ4v) is 5.01. The Hall–Kier alpha value is -2.78. The highest BCUT2D eigenvalue weighted by atomic mass is 32.2. The number of hydrogen-bond donors (Lipinski definition) is 0. The van der Waals surface area contributed by atoms with Crippen LogP contribution in [0.4, 0.5) is 4.39 Å². The second-order valence-corrected chi connectivity index (χ2v) is 8.67. The molecule has 4 rings (SSSR count). The third-order valence-electron chi connectivity index (χ3n) is 5.05. The molecule has 0 saturated carbocycles. The molecule has 0 unspecified atom stereocenters. The Morgan fingerprint density at radius 2 is 1.79 bits per heavy atom. The number of sulfonamides is 1. The van der Waals surface area contributed by atoms with Gasteiger partial charge in [0.15, 0.2) is 0 Å². The summed E-state index contributed by atoms with van der Waals surface area (Å²) in [6, 6.07) is 12.8. The number of rotatable bonds is 5. The molecule has 9 heteroatoms.